The molecule has 1 fully saturated rings. The summed E-state index contributed by atoms with van der Waals surface area (Å²) in [5.74, 6) is 0. The molecular weight excluding hydrogens is 184 g/mol. The number of likely N-dealkylation sites (tertiary alicyclic amines) is 1. The van der Waals surface area contributed by atoms with E-state index in [4.69, 9.17) is 0 Å². The highest BCUT2D eigenvalue weighted by molar-refractivity contribution is 4.83. The highest BCUT2D eigenvalue weighted by atomic mass is 15.2. The summed E-state index contributed by atoms with van der Waals surface area (Å²) in [6.45, 7) is 14.1. The molecule has 0 amide bonds. The molecule has 1 atom stereocenters. The molecule has 0 radical (unpaired) electrons. The van der Waals surface area contributed by atoms with E-state index in [-0.39, 0.29) is 0 Å². The molecule has 0 aromatic carbocycles. The first-order chi connectivity index (χ1) is 7.04. The molecule has 1 saturated heterocycles. The lowest BCUT2D eigenvalue weighted by Gasteiger charge is -2.37. The Morgan fingerprint density at radius 2 is 1.73 bits per heavy atom. The molecule has 15 heavy (non-hydrogen) atoms. The van der Waals surface area contributed by atoms with Crippen LogP contribution in [0.15, 0.2) is 0 Å². The number of nitrogens with one attached hydrogen (secondary N) is 1. The van der Waals surface area contributed by atoms with Gasteiger partial charge in [0.05, 0.1) is 0 Å². The molecule has 1 rings (SSSR count). The van der Waals surface area contributed by atoms with Crippen molar-refractivity contribution in [2.24, 2.45) is 5.41 Å². The molecule has 0 aromatic rings. The summed E-state index contributed by atoms with van der Waals surface area (Å²) in [6, 6.07) is 0.626. The van der Waals surface area contributed by atoms with Gasteiger partial charge in [0.1, 0.15) is 0 Å². The molecule has 2 heteroatoms. The lowest BCUT2D eigenvalue weighted by atomic mass is 9.86. The maximum Gasteiger partial charge on any atom is 0.0243 e. The minimum atomic E-state index is 0.369. The Bertz CT molecular complexity index is 166. The second-order valence-corrected chi connectivity index (χ2v) is 5.84. The van der Waals surface area contributed by atoms with Crippen molar-refractivity contribution in [3.63, 3.8) is 0 Å². The third kappa shape index (κ3) is 4.52. The van der Waals surface area contributed by atoms with Crippen LogP contribution in [0.25, 0.3) is 0 Å². The van der Waals surface area contributed by atoms with Crippen LogP contribution in [0.5, 0.6) is 0 Å². The van der Waals surface area contributed by atoms with Crippen molar-refractivity contribution in [3.8, 4) is 0 Å². The van der Waals surface area contributed by atoms with Gasteiger partial charge in [-0.1, -0.05) is 34.1 Å². The summed E-state index contributed by atoms with van der Waals surface area (Å²) in [5, 5.41) is 3.63. The topological polar surface area (TPSA) is 15.3 Å². The largest absolute Gasteiger partial charge is 0.312 e. The fourth-order valence-electron chi connectivity index (χ4n) is 2.29. The van der Waals surface area contributed by atoms with Crippen LogP contribution in [0.2, 0.25) is 0 Å². The van der Waals surface area contributed by atoms with Crippen LogP contribution in [0.4, 0.5) is 0 Å². The zero-order chi connectivity index (χ0) is 11.3. The molecule has 1 unspecified atom stereocenters. The van der Waals surface area contributed by atoms with E-state index in [2.05, 4.69) is 37.9 Å². The average molecular weight is 212 g/mol. The Kier molecular flexibility index (Phi) is 5.07. The van der Waals surface area contributed by atoms with Crippen LogP contribution in [-0.2, 0) is 0 Å². The number of hydrogen-bond donors (Lipinski definition) is 1. The van der Waals surface area contributed by atoms with Crippen molar-refractivity contribution >= 4 is 0 Å². The van der Waals surface area contributed by atoms with E-state index in [1.165, 1.54) is 38.9 Å². The zero-order valence-electron chi connectivity index (χ0n) is 11.0. The van der Waals surface area contributed by atoms with Gasteiger partial charge in [0, 0.05) is 12.6 Å². The molecule has 2 nitrogen and oxygen atoms in total. The van der Waals surface area contributed by atoms with E-state index in [0.717, 1.165) is 6.54 Å². The average Bonchev–Trinajstić information content (AvgIpc) is 2.17. The van der Waals surface area contributed by atoms with Crippen LogP contribution in [0.1, 0.15) is 47.0 Å². The lowest BCUT2D eigenvalue weighted by Crippen LogP contribution is -2.49. The minimum absolute atomic E-state index is 0.369. The highest BCUT2D eigenvalue weighted by Gasteiger charge is 2.26. The first-order valence-electron chi connectivity index (χ1n) is 6.49. The Hall–Kier alpha value is -0.0800. The van der Waals surface area contributed by atoms with E-state index < -0.39 is 0 Å². The quantitative estimate of drug-likeness (QED) is 0.770. The molecular formula is C13H28N2. The van der Waals surface area contributed by atoms with Crippen molar-refractivity contribution in [2.75, 3.05) is 26.2 Å². The van der Waals surface area contributed by atoms with Gasteiger partial charge in [0.2, 0.25) is 0 Å². The van der Waals surface area contributed by atoms with Crippen LogP contribution in [-0.4, -0.2) is 37.1 Å². The zero-order valence-corrected chi connectivity index (χ0v) is 11.0. The molecule has 0 bridgehead atoms. The molecule has 90 valence electrons. The molecule has 0 saturated carbocycles. The molecule has 0 spiro atoms. The summed E-state index contributed by atoms with van der Waals surface area (Å²) in [6.07, 6.45) is 4.21. The molecule has 0 aromatic heterocycles. The van der Waals surface area contributed by atoms with Crippen molar-refractivity contribution < 1.29 is 0 Å². The second kappa shape index (κ2) is 5.86. The van der Waals surface area contributed by atoms with Crippen LogP contribution >= 0.6 is 0 Å². The van der Waals surface area contributed by atoms with Gasteiger partial charge in [0.15, 0.2) is 0 Å². The van der Waals surface area contributed by atoms with Crippen molar-refractivity contribution in [1.82, 2.24) is 10.2 Å². The second-order valence-electron chi connectivity index (χ2n) is 5.84. The minimum Gasteiger partial charge on any atom is -0.312 e. The van der Waals surface area contributed by atoms with E-state index in [9.17, 15) is 0 Å². The molecule has 1 aliphatic heterocycles. The van der Waals surface area contributed by atoms with Gasteiger partial charge in [-0.05, 0) is 37.9 Å². The van der Waals surface area contributed by atoms with Crippen LogP contribution < -0.4 is 5.32 Å². The first-order valence-corrected chi connectivity index (χ1v) is 6.49. The molecule has 1 aliphatic rings. The SMILES string of the molecule is CCNC(CN1CCCCC1)C(C)(C)C. The predicted molar refractivity (Wildman–Crippen MR) is 67.2 cm³/mol. The number of likely N-dealkylation sites (N-methyl/N-ethyl adjacent to an activating group) is 1. The summed E-state index contributed by atoms with van der Waals surface area (Å²) in [5.41, 5.74) is 0.369. The summed E-state index contributed by atoms with van der Waals surface area (Å²) in [4.78, 5) is 2.63. The van der Waals surface area contributed by atoms with E-state index in [1.807, 2.05) is 0 Å². The van der Waals surface area contributed by atoms with E-state index in [1.54, 1.807) is 0 Å². The molecule has 1 heterocycles. The van der Waals surface area contributed by atoms with Gasteiger partial charge in [-0.15, -0.1) is 0 Å². The van der Waals surface area contributed by atoms with Gasteiger partial charge in [0.25, 0.3) is 0 Å². The van der Waals surface area contributed by atoms with Gasteiger partial charge in [-0.25, -0.2) is 0 Å². The third-order valence-corrected chi connectivity index (χ3v) is 3.39. The van der Waals surface area contributed by atoms with Gasteiger partial charge in [-0.3, -0.25) is 0 Å². The summed E-state index contributed by atoms with van der Waals surface area (Å²) < 4.78 is 0. The number of hydrogen-bond acceptors (Lipinski definition) is 2. The summed E-state index contributed by atoms with van der Waals surface area (Å²) >= 11 is 0. The number of rotatable bonds is 4. The first kappa shape index (κ1) is 13.0. The number of nitrogens with zero attached hydrogens (tertiary/aromatic N) is 1. The normalized spacial score (nSPS) is 21.6. The van der Waals surface area contributed by atoms with Crippen LogP contribution in [0.3, 0.4) is 0 Å². The third-order valence-electron chi connectivity index (χ3n) is 3.39. The smallest absolute Gasteiger partial charge is 0.0243 e. The molecule has 1 N–H and O–H groups in total. The van der Waals surface area contributed by atoms with E-state index >= 15 is 0 Å². The Morgan fingerprint density at radius 3 is 2.20 bits per heavy atom. The Morgan fingerprint density at radius 1 is 1.13 bits per heavy atom. The van der Waals surface area contributed by atoms with Gasteiger partial charge in [-0.2, -0.15) is 0 Å². The molecule has 0 aliphatic carbocycles. The maximum absolute atomic E-state index is 3.63. The number of piperidine rings is 1. The van der Waals surface area contributed by atoms with Crippen LogP contribution in [0, 0.1) is 5.41 Å². The fraction of sp³-hybridized carbons (Fsp3) is 1.00. The van der Waals surface area contributed by atoms with Crippen molar-refractivity contribution in [3.05, 3.63) is 0 Å². The Balaban J connectivity index is 2.42. The highest BCUT2D eigenvalue weighted by Crippen LogP contribution is 2.21. The predicted octanol–water partition coefficient (Wildman–Crippen LogP) is 2.50. The van der Waals surface area contributed by atoms with E-state index in [0.29, 0.717) is 11.5 Å². The lowest BCUT2D eigenvalue weighted by molar-refractivity contribution is 0.154. The van der Waals surface area contributed by atoms with Crippen molar-refractivity contribution in [2.45, 2.75) is 53.0 Å². The maximum atomic E-state index is 3.63. The standard InChI is InChI=1S/C13H28N2/c1-5-14-12(13(2,3)4)11-15-9-7-6-8-10-15/h12,14H,5-11H2,1-4H3. The Labute approximate surface area is 95.4 Å². The van der Waals surface area contributed by atoms with Gasteiger partial charge < -0.3 is 10.2 Å². The summed E-state index contributed by atoms with van der Waals surface area (Å²) in [7, 11) is 0. The monoisotopic (exact) mass is 212 g/mol. The fourth-order valence-corrected chi connectivity index (χ4v) is 2.29. The van der Waals surface area contributed by atoms with Crippen molar-refractivity contribution in [1.29, 1.82) is 0 Å². The van der Waals surface area contributed by atoms with Gasteiger partial charge >= 0.3 is 0 Å².